The number of ether oxygens (including phenoxy) is 1. The molecule has 2 heterocycles. The van der Waals surface area contributed by atoms with Crippen LogP contribution in [0.15, 0.2) is 0 Å². The first-order valence-corrected chi connectivity index (χ1v) is 6.18. The first kappa shape index (κ1) is 12.4. The lowest BCUT2D eigenvalue weighted by Crippen LogP contribution is -2.63. The molecule has 0 aromatic rings. The lowest BCUT2D eigenvalue weighted by molar-refractivity contribution is -0.302. The van der Waals surface area contributed by atoms with E-state index in [2.05, 4.69) is 9.05 Å². The van der Waals surface area contributed by atoms with Gasteiger partial charge in [0.25, 0.3) is 0 Å². The maximum absolute atomic E-state index is 11.0. The van der Waals surface area contributed by atoms with Gasteiger partial charge in [-0.1, -0.05) is 0 Å². The van der Waals surface area contributed by atoms with Crippen molar-refractivity contribution in [1.82, 2.24) is 0 Å². The molecular formula is C7H13O8P. The Balaban J connectivity index is 2.15. The van der Waals surface area contributed by atoms with E-state index in [4.69, 9.17) is 9.63 Å². The summed E-state index contributed by atoms with van der Waals surface area (Å²) >= 11 is 0. The molecular weight excluding hydrogens is 243 g/mol. The number of hydrogen-bond donors (Lipinski definition) is 4. The van der Waals surface area contributed by atoms with Gasteiger partial charge in [0.2, 0.25) is 0 Å². The fraction of sp³-hybridized carbons (Fsp3) is 1.00. The largest absolute Gasteiger partial charge is 0.472 e. The van der Waals surface area contributed by atoms with Crippen LogP contribution < -0.4 is 0 Å². The van der Waals surface area contributed by atoms with Gasteiger partial charge >= 0.3 is 7.82 Å². The minimum atomic E-state index is -4.10. The molecule has 2 saturated heterocycles. The highest BCUT2D eigenvalue weighted by Gasteiger charge is 2.54. The van der Waals surface area contributed by atoms with E-state index in [9.17, 15) is 19.9 Å². The van der Waals surface area contributed by atoms with Crippen LogP contribution in [0.3, 0.4) is 0 Å². The molecule has 1 unspecified atom stereocenters. The quantitative estimate of drug-likeness (QED) is 0.379. The van der Waals surface area contributed by atoms with Crippen molar-refractivity contribution in [2.75, 3.05) is 13.2 Å². The molecule has 2 aliphatic heterocycles. The molecule has 1 spiro atoms. The summed E-state index contributed by atoms with van der Waals surface area (Å²) in [6.07, 6.45) is -3.97. The molecule has 2 fully saturated rings. The molecule has 9 heteroatoms. The van der Waals surface area contributed by atoms with Gasteiger partial charge < -0.3 is 24.9 Å². The van der Waals surface area contributed by atoms with Gasteiger partial charge in [-0.05, 0) is 0 Å². The Morgan fingerprint density at radius 3 is 2.31 bits per heavy atom. The molecule has 3 atom stereocenters. The first-order valence-electron chi connectivity index (χ1n) is 4.69. The molecule has 2 rings (SSSR count). The molecule has 0 saturated carbocycles. The third-order valence-corrected chi connectivity index (χ3v) is 3.57. The van der Waals surface area contributed by atoms with E-state index in [-0.39, 0.29) is 6.42 Å². The molecule has 2 aliphatic rings. The molecule has 0 amide bonds. The number of phosphoric ester groups is 1. The third-order valence-electron chi connectivity index (χ3n) is 2.66. The summed E-state index contributed by atoms with van der Waals surface area (Å²) in [5.74, 6) is 0. The summed E-state index contributed by atoms with van der Waals surface area (Å²) in [4.78, 5) is 8.96. The van der Waals surface area contributed by atoms with Crippen LogP contribution in [0.4, 0.5) is 0 Å². The Kier molecular flexibility index (Phi) is 3.11. The normalized spacial score (nSPS) is 54.1. The predicted octanol–water partition coefficient (Wildman–Crippen LogP) is -1.67. The lowest BCUT2D eigenvalue weighted by Gasteiger charge is -2.46. The van der Waals surface area contributed by atoms with Crippen LogP contribution in [-0.2, 0) is 18.3 Å². The SMILES string of the molecule is O=P1(O)OCC2(CO1)OC(O)C[C@@H](O)[C@@H]2O. The average Bonchev–Trinajstić information content (AvgIpc) is 2.19. The summed E-state index contributed by atoms with van der Waals surface area (Å²) in [6, 6.07) is 0. The highest BCUT2D eigenvalue weighted by molar-refractivity contribution is 7.47. The van der Waals surface area contributed by atoms with E-state index in [0.29, 0.717) is 0 Å². The Morgan fingerprint density at radius 2 is 1.75 bits per heavy atom. The van der Waals surface area contributed by atoms with Crippen molar-refractivity contribution >= 4 is 7.82 Å². The van der Waals surface area contributed by atoms with E-state index < -0.39 is 45.1 Å². The standard InChI is InChI=1S/C7H13O8P/c8-4-1-5(9)15-7(6(4)10)2-13-16(11,12)14-3-7/h4-6,8-10H,1-3H2,(H,11,12)/t4-,5?,6+/m1/s1. The van der Waals surface area contributed by atoms with Crippen LogP contribution in [0, 0.1) is 0 Å². The van der Waals surface area contributed by atoms with Crippen molar-refractivity contribution in [2.24, 2.45) is 0 Å². The van der Waals surface area contributed by atoms with Crippen LogP contribution in [0.25, 0.3) is 0 Å². The van der Waals surface area contributed by atoms with Crippen molar-refractivity contribution in [1.29, 1.82) is 0 Å². The van der Waals surface area contributed by atoms with E-state index >= 15 is 0 Å². The van der Waals surface area contributed by atoms with Gasteiger partial charge in [-0.2, -0.15) is 0 Å². The van der Waals surface area contributed by atoms with Crippen LogP contribution in [0.2, 0.25) is 0 Å². The summed E-state index contributed by atoms with van der Waals surface area (Å²) in [5, 5.41) is 28.5. The molecule has 0 bridgehead atoms. The average molecular weight is 256 g/mol. The topological polar surface area (TPSA) is 126 Å². The van der Waals surface area contributed by atoms with E-state index in [0.717, 1.165) is 0 Å². The molecule has 0 aromatic carbocycles. The van der Waals surface area contributed by atoms with Gasteiger partial charge in [0, 0.05) is 6.42 Å². The van der Waals surface area contributed by atoms with E-state index in [1.807, 2.05) is 0 Å². The van der Waals surface area contributed by atoms with Crippen LogP contribution in [0.5, 0.6) is 0 Å². The maximum Gasteiger partial charge on any atom is 0.472 e. The second-order valence-corrected chi connectivity index (χ2v) is 5.35. The fourth-order valence-electron chi connectivity index (χ4n) is 1.77. The molecule has 8 nitrogen and oxygen atoms in total. The lowest BCUT2D eigenvalue weighted by atomic mass is 9.89. The Morgan fingerprint density at radius 1 is 1.19 bits per heavy atom. The molecule has 0 radical (unpaired) electrons. The number of rotatable bonds is 0. The summed E-state index contributed by atoms with van der Waals surface area (Å²) < 4.78 is 25.0. The summed E-state index contributed by atoms with van der Waals surface area (Å²) in [5.41, 5.74) is -1.51. The van der Waals surface area contributed by atoms with Crippen molar-refractivity contribution in [3.8, 4) is 0 Å². The minimum absolute atomic E-state index is 0.139. The molecule has 0 aromatic heterocycles. The van der Waals surface area contributed by atoms with Gasteiger partial charge in [-0.15, -0.1) is 0 Å². The molecule has 0 aliphatic carbocycles. The Labute approximate surface area is 91.0 Å². The predicted molar refractivity (Wildman–Crippen MR) is 48.2 cm³/mol. The van der Waals surface area contributed by atoms with Crippen LogP contribution >= 0.6 is 7.82 Å². The number of aliphatic hydroxyl groups excluding tert-OH is 3. The maximum atomic E-state index is 11.0. The van der Waals surface area contributed by atoms with Crippen molar-refractivity contribution in [3.05, 3.63) is 0 Å². The smallest absolute Gasteiger partial charge is 0.390 e. The van der Waals surface area contributed by atoms with Crippen LogP contribution in [0.1, 0.15) is 6.42 Å². The van der Waals surface area contributed by atoms with Gasteiger partial charge in [0.05, 0.1) is 19.3 Å². The first-order chi connectivity index (χ1) is 7.35. The van der Waals surface area contributed by atoms with Gasteiger partial charge in [-0.25, -0.2) is 4.57 Å². The van der Waals surface area contributed by atoms with Crippen molar-refractivity contribution in [2.45, 2.75) is 30.5 Å². The van der Waals surface area contributed by atoms with Gasteiger partial charge in [-0.3, -0.25) is 9.05 Å². The second-order valence-electron chi connectivity index (χ2n) is 3.90. The van der Waals surface area contributed by atoms with Gasteiger partial charge in [0.15, 0.2) is 6.29 Å². The summed E-state index contributed by atoms with van der Waals surface area (Å²) in [7, 11) is -4.10. The zero-order chi connectivity index (χ0) is 12.0. The monoisotopic (exact) mass is 256 g/mol. The number of phosphoric acid groups is 1. The van der Waals surface area contributed by atoms with Gasteiger partial charge in [0.1, 0.15) is 11.7 Å². The highest BCUT2D eigenvalue weighted by Crippen LogP contribution is 2.50. The highest BCUT2D eigenvalue weighted by atomic mass is 31.2. The van der Waals surface area contributed by atoms with Crippen molar-refractivity contribution < 1.29 is 38.6 Å². The van der Waals surface area contributed by atoms with Crippen molar-refractivity contribution in [3.63, 3.8) is 0 Å². The molecule has 16 heavy (non-hydrogen) atoms. The molecule has 4 N–H and O–H groups in total. The zero-order valence-corrected chi connectivity index (χ0v) is 9.12. The number of aliphatic hydroxyl groups is 3. The van der Waals surface area contributed by atoms with E-state index in [1.165, 1.54) is 0 Å². The molecule has 94 valence electrons. The fourth-order valence-corrected chi connectivity index (χ4v) is 2.61. The minimum Gasteiger partial charge on any atom is -0.390 e. The zero-order valence-electron chi connectivity index (χ0n) is 8.22. The summed E-state index contributed by atoms with van der Waals surface area (Å²) in [6.45, 7) is -0.869. The second kappa shape index (κ2) is 4.01. The van der Waals surface area contributed by atoms with E-state index in [1.54, 1.807) is 0 Å². The Bertz CT molecular complexity index is 308. The third kappa shape index (κ3) is 2.15. The Hall–Kier alpha value is -0.0500. The number of hydrogen-bond acceptors (Lipinski definition) is 7. The van der Waals surface area contributed by atoms with Crippen LogP contribution in [-0.4, -0.2) is 57.5 Å².